The zero-order valence-electron chi connectivity index (χ0n) is 11.3. The molecule has 0 fully saturated rings. The van der Waals surface area contributed by atoms with Crippen LogP contribution in [0.4, 0.5) is 0 Å². The lowest BCUT2D eigenvalue weighted by Gasteiger charge is -2.09. The molecule has 0 atom stereocenters. The maximum atomic E-state index is 11.0. The molecule has 0 radical (unpaired) electrons. The minimum Gasteiger partial charge on any atom is -0.424 e. The molecule has 102 valence electrons. The smallest absolute Gasteiger partial charge is 0.308 e. The van der Waals surface area contributed by atoms with Gasteiger partial charge in [-0.15, -0.1) is 0 Å². The van der Waals surface area contributed by atoms with E-state index in [4.69, 9.17) is 14.2 Å². The summed E-state index contributed by atoms with van der Waals surface area (Å²) < 4.78 is 15.6. The van der Waals surface area contributed by atoms with Crippen LogP contribution in [0.25, 0.3) is 0 Å². The van der Waals surface area contributed by atoms with Crippen molar-refractivity contribution < 1.29 is 19.0 Å². The van der Waals surface area contributed by atoms with Crippen molar-refractivity contribution in [2.75, 3.05) is 13.2 Å². The third-order valence-corrected chi connectivity index (χ3v) is 1.97. The topological polar surface area (TPSA) is 57.7 Å². The van der Waals surface area contributed by atoms with Crippen LogP contribution in [0.3, 0.4) is 0 Å². The van der Waals surface area contributed by atoms with Crippen LogP contribution in [0.5, 0.6) is 5.75 Å². The minimum atomic E-state index is -0.609. The van der Waals surface area contributed by atoms with Crippen LogP contribution in [-0.4, -0.2) is 30.5 Å². The standard InChI is InChI=1S/C14H17NO4/c1-4-17-14(18-5-2)9-8-12-13(19-11(3)16)7-6-10-15-12/h6-7,10,14H,4-5H2,1-3H3. The molecule has 0 aliphatic heterocycles. The zero-order valence-corrected chi connectivity index (χ0v) is 11.3. The van der Waals surface area contributed by atoms with Crippen molar-refractivity contribution in [2.24, 2.45) is 0 Å². The Morgan fingerprint density at radius 3 is 2.63 bits per heavy atom. The fraction of sp³-hybridized carbons (Fsp3) is 0.429. The molecule has 0 spiro atoms. The van der Waals surface area contributed by atoms with Gasteiger partial charge in [-0.05, 0) is 37.8 Å². The first-order chi connectivity index (χ1) is 9.17. The molecule has 0 saturated carbocycles. The van der Waals surface area contributed by atoms with Gasteiger partial charge >= 0.3 is 5.97 Å². The second-order valence-corrected chi connectivity index (χ2v) is 3.46. The molecule has 0 bridgehead atoms. The van der Waals surface area contributed by atoms with Gasteiger partial charge in [0.1, 0.15) is 0 Å². The summed E-state index contributed by atoms with van der Waals surface area (Å²) >= 11 is 0. The van der Waals surface area contributed by atoms with Crippen LogP contribution < -0.4 is 4.74 Å². The second kappa shape index (κ2) is 8.25. The number of aromatic nitrogens is 1. The average molecular weight is 263 g/mol. The van der Waals surface area contributed by atoms with Gasteiger partial charge < -0.3 is 14.2 Å². The number of carbonyl (C=O) groups is 1. The molecule has 1 aromatic rings. The lowest BCUT2D eigenvalue weighted by Crippen LogP contribution is -2.15. The van der Waals surface area contributed by atoms with E-state index >= 15 is 0 Å². The Labute approximate surface area is 112 Å². The summed E-state index contributed by atoms with van der Waals surface area (Å²) in [6.45, 7) is 6.04. The summed E-state index contributed by atoms with van der Waals surface area (Å²) in [5.74, 6) is 5.52. The summed E-state index contributed by atoms with van der Waals surface area (Å²) in [5, 5.41) is 0. The van der Waals surface area contributed by atoms with Crippen LogP contribution in [0.1, 0.15) is 26.5 Å². The van der Waals surface area contributed by atoms with Crippen molar-refractivity contribution in [3.63, 3.8) is 0 Å². The molecule has 0 unspecified atom stereocenters. The number of hydrogen-bond acceptors (Lipinski definition) is 5. The van der Waals surface area contributed by atoms with Crippen LogP contribution in [0.2, 0.25) is 0 Å². The summed E-state index contributed by atoms with van der Waals surface area (Å²) in [6, 6.07) is 3.31. The molecule has 5 nitrogen and oxygen atoms in total. The van der Waals surface area contributed by atoms with Crippen LogP contribution in [0, 0.1) is 11.8 Å². The zero-order chi connectivity index (χ0) is 14.1. The predicted molar refractivity (Wildman–Crippen MR) is 69.5 cm³/mol. The van der Waals surface area contributed by atoms with E-state index in [9.17, 15) is 4.79 Å². The molecule has 0 aliphatic rings. The molecule has 0 N–H and O–H groups in total. The number of nitrogens with zero attached hydrogens (tertiary/aromatic N) is 1. The van der Waals surface area contributed by atoms with Gasteiger partial charge in [-0.25, -0.2) is 4.98 Å². The molecule has 0 saturated heterocycles. The van der Waals surface area contributed by atoms with Gasteiger partial charge in [0.2, 0.25) is 6.29 Å². The predicted octanol–water partition coefficient (Wildman–Crippen LogP) is 1.76. The molecule has 1 heterocycles. The Hall–Kier alpha value is -1.90. The van der Waals surface area contributed by atoms with E-state index in [2.05, 4.69) is 16.8 Å². The van der Waals surface area contributed by atoms with Crippen molar-refractivity contribution in [3.8, 4) is 17.6 Å². The molecule has 19 heavy (non-hydrogen) atoms. The SMILES string of the molecule is CCOC(C#Cc1ncccc1OC(C)=O)OCC. The maximum absolute atomic E-state index is 11.0. The molecule has 0 aromatic carbocycles. The molecule has 5 heteroatoms. The summed E-state index contributed by atoms with van der Waals surface area (Å²) in [6.07, 6.45) is 0.968. The van der Waals surface area contributed by atoms with Crippen LogP contribution >= 0.6 is 0 Å². The number of ether oxygens (including phenoxy) is 3. The van der Waals surface area contributed by atoms with E-state index in [0.717, 1.165) is 0 Å². The van der Waals surface area contributed by atoms with Crippen molar-refractivity contribution in [2.45, 2.75) is 27.1 Å². The Balaban J connectivity index is 2.88. The first kappa shape index (κ1) is 15.2. The van der Waals surface area contributed by atoms with Gasteiger partial charge in [0, 0.05) is 26.3 Å². The fourth-order valence-corrected chi connectivity index (χ4v) is 1.28. The Morgan fingerprint density at radius 2 is 2.05 bits per heavy atom. The summed E-state index contributed by atoms with van der Waals surface area (Å²) in [4.78, 5) is 15.0. The quantitative estimate of drug-likeness (QED) is 0.460. The Kier molecular flexibility index (Phi) is 6.58. The number of hydrogen-bond donors (Lipinski definition) is 0. The van der Waals surface area contributed by atoms with Crippen molar-refractivity contribution >= 4 is 5.97 Å². The van der Waals surface area contributed by atoms with Crippen LogP contribution in [0.15, 0.2) is 18.3 Å². The maximum Gasteiger partial charge on any atom is 0.308 e. The van der Waals surface area contributed by atoms with Gasteiger partial charge in [-0.2, -0.15) is 0 Å². The molecule has 0 amide bonds. The summed E-state index contributed by atoms with van der Waals surface area (Å²) in [7, 11) is 0. The van der Waals surface area contributed by atoms with Crippen LogP contribution in [-0.2, 0) is 14.3 Å². The van der Waals surface area contributed by atoms with Gasteiger partial charge in [0.25, 0.3) is 0 Å². The normalized spacial score (nSPS) is 9.89. The fourth-order valence-electron chi connectivity index (χ4n) is 1.28. The molecule has 0 aliphatic carbocycles. The van der Waals surface area contributed by atoms with E-state index in [1.807, 2.05) is 13.8 Å². The highest BCUT2D eigenvalue weighted by Gasteiger charge is 2.06. The Morgan fingerprint density at radius 1 is 1.37 bits per heavy atom. The van der Waals surface area contributed by atoms with Gasteiger partial charge in [0.05, 0.1) is 0 Å². The first-order valence-corrected chi connectivity index (χ1v) is 6.05. The van der Waals surface area contributed by atoms with Gasteiger partial charge in [0.15, 0.2) is 11.4 Å². The molecular formula is C14H17NO4. The molecular weight excluding hydrogens is 246 g/mol. The Bertz CT molecular complexity index is 470. The third kappa shape index (κ3) is 5.51. The van der Waals surface area contributed by atoms with E-state index in [1.54, 1.807) is 18.3 Å². The van der Waals surface area contributed by atoms with Crippen molar-refractivity contribution in [3.05, 3.63) is 24.0 Å². The van der Waals surface area contributed by atoms with Crippen molar-refractivity contribution in [1.29, 1.82) is 0 Å². The van der Waals surface area contributed by atoms with E-state index in [1.165, 1.54) is 6.92 Å². The highest BCUT2D eigenvalue weighted by Crippen LogP contribution is 2.14. The molecule has 1 aromatic heterocycles. The highest BCUT2D eigenvalue weighted by atomic mass is 16.7. The monoisotopic (exact) mass is 263 g/mol. The molecule has 1 rings (SSSR count). The average Bonchev–Trinajstić information content (AvgIpc) is 2.37. The number of pyridine rings is 1. The van der Waals surface area contributed by atoms with E-state index in [0.29, 0.717) is 24.7 Å². The number of esters is 1. The summed E-state index contributed by atoms with van der Waals surface area (Å²) in [5.41, 5.74) is 0.377. The van der Waals surface area contributed by atoms with E-state index < -0.39 is 12.3 Å². The largest absolute Gasteiger partial charge is 0.424 e. The number of rotatable bonds is 5. The van der Waals surface area contributed by atoms with Crippen molar-refractivity contribution in [1.82, 2.24) is 4.98 Å². The van der Waals surface area contributed by atoms with Gasteiger partial charge in [-0.3, -0.25) is 4.79 Å². The van der Waals surface area contributed by atoms with E-state index in [-0.39, 0.29) is 0 Å². The second-order valence-electron chi connectivity index (χ2n) is 3.46. The minimum absolute atomic E-state index is 0.328. The lowest BCUT2D eigenvalue weighted by molar-refractivity contribution is -0.131. The highest BCUT2D eigenvalue weighted by molar-refractivity contribution is 5.70. The third-order valence-electron chi connectivity index (χ3n) is 1.97. The van der Waals surface area contributed by atoms with Gasteiger partial charge in [-0.1, -0.05) is 0 Å². The number of carbonyl (C=O) groups excluding carboxylic acids is 1. The lowest BCUT2D eigenvalue weighted by atomic mass is 10.3. The first-order valence-electron chi connectivity index (χ1n) is 6.05.